The van der Waals surface area contributed by atoms with Crippen LogP contribution in [0.5, 0.6) is 0 Å². The monoisotopic (exact) mass is 268 g/mol. The molecule has 2 aromatic rings. The molecule has 0 aliphatic carbocycles. The number of rotatable bonds is 4. The molecule has 0 aliphatic heterocycles. The molecule has 0 spiro atoms. The van der Waals surface area contributed by atoms with Gasteiger partial charge in [0, 0.05) is 17.1 Å². The number of nitrogens with zero attached hydrogens (tertiary/aromatic N) is 1. The summed E-state index contributed by atoms with van der Waals surface area (Å²) < 4.78 is 0. The third-order valence-corrected chi connectivity index (χ3v) is 3.75. The van der Waals surface area contributed by atoms with E-state index in [1.807, 2.05) is 25.1 Å². The third-order valence-electron chi connectivity index (χ3n) is 3.02. The summed E-state index contributed by atoms with van der Waals surface area (Å²) in [6, 6.07) is 16.3. The molecular formula is C16H16N2S. The van der Waals surface area contributed by atoms with Crippen molar-refractivity contribution in [1.29, 1.82) is 5.26 Å². The van der Waals surface area contributed by atoms with Crippen molar-refractivity contribution in [2.24, 2.45) is 0 Å². The molecule has 0 aromatic heterocycles. The van der Waals surface area contributed by atoms with E-state index in [4.69, 9.17) is 5.26 Å². The summed E-state index contributed by atoms with van der Waals surface area (Å²) >= 11 is 1.74. The Hall–Kier alpha value is -1.92. The molecule has 0 fully saturated rings. The zero-order valence-electron chi connectivity index (χ0n) is 11.1. The smallest absolute Gasteiger partial charge is 0.0991 e. The Morgan fingerprint density at radius 1 is 1.21 bits per heavy atom. The highest BCUT2D eigenvalue weighted by Crippen LogP contribution is 2.20. The fourth-order valence-electron chi connectivity index (χ4n) is 1.89. The van der Waals surface area contributed by atoms with Gasteiger partial charge >= 0.3 is 0 Å². The number of hydrogen-bond acceptors (Lipinski definition) is 3. The maximum absolute atomic E-state index is 8.85. The summed E-state index contributed by atoms with van der Waals surface area (Å²) in [5, 5.41) is 12.3. The Morgan fingerprint density at radius 2 is 2.05 bits per heavy atom. The average molecular weight is 268 g/mol. The van der Waals surface area contributed by atoms with Crippen LogP contribution in [0.4, 0.5) is 5.69 Å². The lowest BCUT2D eigenvalue weighted by molar-refractivity contribution is 1.11. The van der Waals surface area contributed by atoms with E-state index in [1.54, 1.807) is 11.8 Å². The predicted octanol–water partition coefficient (Wildman–Crippen LogP) is 4.20. The van der Waals surface area contributed by atoms with Crippen LogP contribution >= 0.6 is 11.8 Å². The van der Waals surface area contributed by atoms with E-state index in [0.717, 1.165) is 17.8 Å². The molecule has 0 unspecified atom stereocenters. The largest absolute Gasteiger partial charge is 0.381 e. The molecule has 1 N–H and O–H groups in total. The topological polar surface area (TPSA) is 35.8 Å². The minimum Gasteiger partial charge on any atom is -0.381 e. The fraction of sp³-hybridized carbons (Fsp3) is 0.188. The van der Waals surface area contributed by atoms with Gasteiger partial charge in [-0.3, -0.25) is 0 Å². The van der Waals surface area contributed by atoms with Gasteiger partial charge in [-0.1, -0.05) is 12.1 Å². The van der Waals surface area contributed by atoms with Gasteiger partial charge < -0.3 is 5.32 Å². The molecule has 2 nitrogen and oxygen atoms in total. The van der Waals surface area contributed by atoms with Crippen molar-refractivity contribution in [2.75, 3.05) is 11.6 Å². The molecule has 96 valence electrons. The zero-order chi connectivity index (χ0) is 13.7. The number of nitrogens with one attached hydrogen (secondary N) is 1. The summed E-state index contributed by atoms with van der Waals surface area (Å²) in [6.07, 6.45) is 2.07. The molecule has 0 saturated heterocycles. The first-order valence-electron chi connectivity index (χ1n) is 6.10. The minimum atomic E-state index is 0.714. The van der Waals surface area contributed by atoms with Gasteiger partial charge in [-0.05, 0) is 54.6 Å². The molecule has 0 aliphatic rings. The van der Waals surface area contributed by atoms with Crippen LogP contribution in [0.1, 0.15) is 16.7 Å². The summed E-state index contributed by atoms with van der Waals surface area (Å²) in [5.74, 6) is 0. The summed E-state index contributed by atoms with van der Waals surface area (Å²) in [5.41, 5.74) is 4.20. The SMILES string of the molecule is CSc1cccc(NCc2ccc(C#N)cc2C)c1. The fourth-order valence-corrected chi connectivity index (χ4v) is 2.35. The first-order chi connectivity index (χ1) is 9.22. The lowest BCUT2D eigenvalue weighted by atomic mass is 10.1. The summed E-state index contributed by atoms with van der Waals surface area (Å²) in [7, 11) is 0. The van der Waals surface area contributed by atoms with Gasteiger partial charge in [0.25, 0.3) is 0 Å². The van der Waals surface area contributed by atoms with Gasteiger partial charge in [0.1, 0.15) is 0 Å². The van der Waals surface area contributed by atoms with E-state index < -0.39 is 0 Å². The predicted molar refractivity (Wildman–Crippen MR) is 81.4 cm³/mol. The van der Waals surface area contributed by atoms with E-state index >= 15 is 0 Å². The number of nitriles is 1. The molecule has 2 rings (SSSR count). The molecular weight excluding hydrogens is 252 g/mol. The van der Waals surface area contributed by atoms with Crippen molar-refractivity contribution in [3.05, 3.63) is 59.2 Å². The third kappa shape index (κ3) is 3.52. The highest BCUT2D eigenvalue weighted by Gasteiger charge is 2.00. The van der Waals surface area contributed by atoms with E-state index in [0.29, 0.717) is 5.56 Å². The normalized spacial score (nSPS) is 9.95. The van der Waals surface area contributed by atoms with Crippen LogP contribution in [0.3, 0.4) is 0 Å². The Morgan fingerprint density at radius 3 is 2.74 bits per heavy atom. The molecule has 0 bridgehead atoms. The Balaban J connectivity index is 2.08. The van der Waals surface area contributed by atoms with Crippen molar-refractivity contribution < 1.29 is 0 Å². The highest BCUT2D eigenvalue weighted by atomic mass is 32.2. The minimum absolute atomic E-state index is 0.714. The van der Waals surface area contributed by atoms with E-state index in [2.05, 4.69) is 41.9 Å². The molecule has 0 radical (unpaired) electrons. The van der Waals surface area contributed by atoms with Crippen molar-refractivity contribution >= 4 is 17.4 Å². The van der Waals surface area contributed by atoms with Crippen molar-refractivity contribution in [1.82, 2.24) is 0 Å². The summed E-state index contributed by atoms with van der Waals surface area (Å²) in [4.78, 5) is 1.25. The average Bonchev–Trinajstić information content (AvgIpc) is 2.46. The first-order valence-corrected chi connectivity index (χ1v) is 7.33. The molecule has 2 aromatic carbocycles. The van der Waals surface area contributed by atoms with Crippen LogP contribution < -0.4 is 5.32 Å². The Bertz CT molecular complexity index is 614. The second-order valence-corrected chi connectivity index (χ2v) is 5.22. The lowest BCUT2D eigenvalue weighted by Crippen LogP contribution is -2.01. The van der Waals surface area contributed by atoms with Crippen LogP contribution in [0.2, 0.25) is 0 Å². The van der Waals surface area contributed by atoms with Gasteiger partial charge in [0.05, 0.1) is 11.6 Å². The van der Waals surface area contributed by atoms with Gasteiger partial charge in [-0.2, -0.15) is 5.26 Å². The van der Waals surface area contributed by atoms with E-state index in [1.165, 1.54) is 10.5 Å². The Kier molecular flexibility index (Phi) is 4.48. The van der Waals surface area contributed by atoms with Crippen molar-refractivity contribution in [2.45, 2.75) is 18.4 Å². The maximum atomic E-state index is 8.85. The van der Waals surface area contributed by atoms with Gasteiger partial charge in [-0.15, -0.1) is 11.8 Å². The van der Waals surface area contributed by atoms with Gasteiger partial charge in [0.2, 0.25) is 0 Å². The van der Waals surface area contributed by atoms with Crippen molar-refractivity contribution in [3.63, 3.8) is 0 Å². The van der Waals surface area contributed by atoms with Crippen LogP contribution in [-0.2, 0) is 6.54 Å². The van der Waals surface area contributed by atoms with Crippen LogP contribution in [0.15, 0.2) is 47.4 Å². The first kappa shape index (κ1) is 13.5. The second-order valence-electron chi connectivity index (χ2n) is 4.34. The van der Waals surface area contributed by atoms with E-state index in [9.17, 15) is 0 Å². The Labute approximate surface area is 118 Å². The maximum Gasteiger partial charge on any atom is 0.0991 e. The van der Waals surface area contributed by atoms with Gasteiger partial charge in [-0.25, -0.2) is 0 Å². The molecule has 0 saturated carbocycles. The van der Waals surface area contributed by atoms with Gasteiger partial charge in [0.15, 0.2) is 0 Å². The summed E-state index contributed by atoms with van der Waals surface area (Å²) in [6.45, 7) is 2.81. The zero-order valence-corrected chi connectivity index (χ0v) is 11.9. The molecule has 3 heteroatoms. The molecule has 19 heavy (non-hydrogen) atoms. The highest BCUT2D eigenvalue weighted by molar-refractivity contribution is 7.98. The lowest BCUT2D eigenvalue weighted by Gasteiger charge is -2.10. The molecule has 0 atom stereocenters. The number of thioether (sulfide) groups is 1. The number of benzene rings is 2. The van der Waals surface area contributed by atoms with Crippen LogP contribution in [0, 0.1) is 18.3 Å². The van der Waals surface area contributed by atoms with Crippen molar-refractivity contribution in [3.8, 4) is 6.07 Å². The number of anilines is 1. The van der Waals surface area contributed by atoms with E-state index in [-0.39, 0.29) is 0 Å². The molecule has 0 heterocycles. The molecule has 0 amide bonds. The van der Waals surface area contributed by atoms with Crippen LogP contribution in [0.25, 0.3) is 0 Å². The standard InChI is InChI=1S/C16H16N2S/c1-12-8-13(10-17)6-7-14(12)11-18-15-4-3-5-16(9-15)19-2/h3-9,18H,11H2,1-2H3. The second kappa shape index (κ2) is 6.31. The quantitative estimate of drug-likeness (QED) is 0.844. The van der Waals surface area contributed by atoms with Crippen LogP contribution in [-0.4, -0.2) is 6.26 Å². The number of hydrogen-bond donors (Lipinski definition) is 1. The number of aryl methyl sites for hydroxylation is 1.